The third kappa shape index (κ3) is 2.04. The average molecular weight is 209 g/mol. The molecule has 0 unspecified atom stereocenters. The molecule has 2 N–H and O–H groups in total. The Hall–Kier alpha value is -0.670. The van der Waals surface area contributed by atoms with E-state index >= 15 is 0 Å². The number of nitrogens with two attached hydrogens (primary N) is 1. The summed E-state index contributed by atoms with van der Waals surface area (Å²) >= 11 is 2.04. The summed E-state index contributed by atoms with van der Waals surface area (Å²) in [5.41, 5.74) is 2.72. The molecule has 0 amide bonds. The minimum absolute atomic E-state index is 0.631. The van der Waals surface area contributed by atoms with Gasteiger partial charge in [0.1, 0.15) is 0 Å². The van der Waals surface area contributed by atoms with Gasteiger partial charge in [0.05, 0.1) is 6.54 Å². The highest BCUT2D eigenvalue weighted by molar-refractivity contribution is 7.99. The Morgan fingerprint density at radius 2 is 2.00 bits per heavy atom. The van der Waals surface area contributed by atoms with Gasteiger partial charge in [0.15, 0.2) is 5.37 Å². The first-order valence-electron chi connectivity index (χ1n) is 4.99. The fraction of sp³-hybridized carbons (Fsp3) is 0.455. The van der Waals surface area contributed by atoms with Crippen molar-refractivity contribution in [3.8, 4) is 0 Å². The minimum atomic E-state index is 0.631. The zero-order valence-corrected chi connectivity index (χ0v) is 9.55. The zero-order chi connectivity index (χ0) is 9.97. The first-order chi connectivity index (χ1) is 6.77. The second-order valence-corrected chi connectivity index (χ2v) is 5.05. The molecule has 1 aromatic carbocycles. The van der Waals surface area contributed by atoms with E-state index in [9.17, 15) is 0 Å². The number of benzene rings is 1. The molecule has 0 saturated carbocycles. The molecule has 3 heteroatoms. The summed E-state index contributed by atoms with van der Waals surface area (Å²) in [6, 6.07) is 8.88. The smallest absolute Gasteiger partial charge is 0.159 e. The molecule has 1 aliphatic rings. The first-order valence-corrected chi connectivity index (χ1v) is 6.04. The molecule has 0 aromatic heterocycles. The van der Waals surface area contributed by atoms with Crippen LogP contribution in [0.1, 0.15) is 10.9 Å². The maximum Gasteiger partial charge on any atom is 0.159 e. The van der Waals surface area contributed by atoms with Crippen molar-refractivity contribution < 1.29 is 5.32 Å². The number of nitrogens with zero attached hydrogens (tertiary/aromatic N) is 1. The number of quaternary nitrogens is 1. The van der Waals surface area contributed by atoms with Crippen LogP contribution >= 0.6 is 11.8 Å². The molecule has 1 atom stereocenters. The Morgan fingerprint density at radius 1 is 1.29 bits per heavy atom. The van der Waals surface area contributed by atoms with Crippen LogP contribution < -0.4 is 10.2 Å². The monoisotopic (exact) mass is 209 g/mol. The van der Waals surface area contributed by atoms with Crippen LogP contribution in [0.2, 0.25) is 0 Å². The van der Waals surface area contributed by atoms with Crippen LogP contribution in [0.15, 0.2) is 24.3 Å². The minimum Gasteiger partial charge on any atom is -0.378 e. The Bertz CT molecular complexity index is 289. The lowest BCUT2D eigenvalue weighted by Gasteiger charge is -2.13. The van der Waals surface area contributed by atoms with E-state index in [1.165, 1.54) is 23.5 Å². The topological polar surface area (TPSA) is 19.9 Å². The molecule has 0 aliphatic carbocycles. The molecule has 1 aromatic rings. The van der Waals surface area contributed by atoms with Crippen LogP contribution in [0.4, 0.5) is 5.69 Å². The van der Waals surface area contributed by atoms with Crippen molar-refractivity contribution in [1.29, 1.82) is 0 Å². The number of hydrogen-bond donors (Lipinski definition) is 1. The lowest BCUT2D eigenvalue weighted by atomic mass is 10.2. The summed E-state index contributed by atoms with van der Waals surface area (Å²) in [5, 5.41) is 3.04. The molecule has 1 fully saturated rings. The highest BCUT2D eigenvalue weighted by atomic mass is 32.2. The molecule has 1 aliphatic heterocycles. The Morgan fingerprint density at radius 3 is 2.50 bits per heavy atom. The van der Waals surface area contributed by atoms with Crippen LogP contribution in [0, 0.1) is 0 Å². The van der Waals surface area contributed by atoms with Crippen molar-refractivity contribution in [2.24, 2.45) is 0 Å². The second kappa shape index (κ2) is 4.24. The second-order valence-electron chi connectivity index (χ2n) is 3.80. The Balaban J connectivity index is 2.12. The molecular formula is C11H17N2S+. The Kier molecular flexibility index (Phi) is 2.99. The van der Waals surface area contributed by atoms with Crippen LogP contribution in [0.3, 0.4) is 0 Å². The fourth-order valence-corrected chi connectivity index (χ4v) is 2.82. The van der Waals surface area contributed by atoms with Crippen LogP contribution in [-0.2, 0) is 0 Å². The quantitative estimate of drug-likeness (QED) is 0.786. The predicted molar refractivity (Wildman–Crippen MR) is 62.8 cm³/mol. The van der Waals surface area contributed by atoms with E-state index in [-0.39, 0.29) is 0 Å². The van der Waals surface area contributed by atoms with Gasteiger partial charge >= 0.3 is 0 Å². The summed E-state index contributed by atoms with van der Waals surface area (Å²) in [6.07, 6.45) is 0. The van der Waals surface area contributed by atoms with E-state index in [1.54, 1.807) is 0 Å². The fourth-order valence-electron chi connectivity index (χ4n) is 1.68. The summed E-state index contributed by atoms with van der Waals surface area (Å²) < 4.78 is 0. The molecule has 2 rings (SSSR count). The summed E-state index contributed by atoms with van der Waals surface area (Å²) in [6.45, 7) is 1.25. The van der Waals surface area contributed by atoms with E-state index in [2.05, 4.69) is 48.6 Å². The number of thioether (sulfide) groups is 1. The van der Waals surface area contributed by atoms with Crippen molar-refractivity contribution in [2.75, 3.05) is 31.3 Å². The first kappa shape index (κ1) is 9.87. The van der Waals surface area contributed by atoms with Crippen molar-refractivity contribution in [2.45, 2.75) is 5.37 Å². The van der Waals surface area contributed by atoms with Crippen LogP contribution in [0.5, 0.6) is 0 Å². The highest BCUT2D eigenvalue weighted by Gasteiger charge is 2.20. The summed E-state index contributed by atoms with van der Waals surface area (Å²) in [4.78, 5) is 2.13. The van der Waals surface area contributed by atoms with Gasteiger partial charge in [0.25, 0.3) is 0 Å². The summed E-state index contributed by atoms with van der Waals surface area (Å²) in [7, 11) is 4.15. The molecule has 1 saturated heterocycles. The molecule has 0 radical (unpaired) electrons. The predicted octanol–water partition coefficient (Wildman–Crippen LogP) is 1.06. The third-order valence-electron chi connectivity index (χ3n) is 2.53. The number of anilines is 1. The molecule has 0 spiro atoms. The van der Waals surface area contributed by atoms with Crippen molar-refractivity contribution in [3.63, 3.8) is 0 Å². The van der Waals surface area contributed by atoms with Gasteiger partial charge in [-0.15, -0.1) is 0 Å². The molecule has 76 valence electrons. The maximum atomic E-state index is 2.41. The number of rotatable bonds is 2. The SMILES string of the molecule is CN(C)c1ccc([C@@H]2[NH2+]CCS2)cc1. The van der Waals surface area contributed by atoms with Gasteiger partial charge in [-0.3, -0.25) is 0 Å². The van der Waals surface area contributed by atoms with Gasteiger partial charge in [-0.2, -0.15) is 0 Å². The van der Waals surface area contributed by atoms with Crippen molar-refractivity contribution >= 4 is 17.4 Å². The third-order valence-corrected chi connectivity index (χ3v) is 3.83. The van der Waals surface area contributed by atoms with Crippen LogP contribution in [0.25, 0.3) is 0 Å². The zero-order valence-electron chi connectivity index (χ0n) is 8.73. The average Bonchev–Trinajstić information content (AvgIpc) is 2.71. The van der Waals surface area contributed by atoms with Gasteiger partial charge in [-0.1, -0.05) is 23.9 Å². The standard InChI is InChI=1S/C11H16N2S/c1-13(2)10-5-3-9(4-6-10)11-12-7-8-14-11/h3-6,11-12H,7-8H2,1-2H3/p+1/t11-/m1/s1. The van der Waals surface area contributed by atoms with E-state index in [0.29, 0.717) is 5.37 Å². The molecule has 14 heavy (non-hydrogen) atoms. The largest absolute Gasteiger partial charge is 0.378 e. The lowest BCUT2D eigenvalue weighted by Crippen LogP contribution is -2.81. The molecule has 2 nitrogen and oxygen atoms in total. The van der Waals surface area contributed by atoms with Crippen molar-refractivity contribution in [1.82, 2.24) is 0 Å². The van der Waals surface area contributed by atoms with Crippen LogP contribution in [-0.4, -0.2) is 26.4 Å². The maximum absolute atomic E-state index is 2.41. The Labute approximate surface area is 89.7 Å². The van der Waals surface area contributed by atoms with Gasteiger partial charge < -0.3 is 10.2 Å². The molecular weight excluding hydrogens is 192 g/mol. The van der Waals surface area contributed by atoms with E-state index < -0.39 is 0 Å². The van der Waals surface area contributed by atoms with E-state index in [4.69, 9.17) is 0 Å². The summed E-state index contributed by atoms with van der Waals surface area (Å²) in [5.74, 6) is 1.28. The number of hydrogen-bond acceptors (Lipinski definition) is 2. The van der Waals surface area contributed by atoms with E-state index in [0.717, 1.165) is 0 Å². The normalized spacial score (nSPS) is 21.1. The van der Waals surface area contributed by atoms with Gasteiger partial charge in [0, 0.05) is 31.1 Å². The van der Waals surface area contributed by atoms with E-state index in [1.807, 2.05) is 11.8 Å². The highest BCUT2D eigenvalue weighted by Crippen LogP contribution is 2.25. The van der Waals surface area contributed by atoms with Gasteiger partial charge in [0.2, 0.25) is 0 Å². The van der Waals surface area contributed by atoms with Gasteiger partial charge in [-0.05, 0) is 12.1 Å². The van der Waals surface area contributed by atoms with Crippen molar-refractivity contribution in [3.05, 3.63) is 29.8 Å². The lowest BCUT2D eigenvalue weighted by molar-refractivity contribution is -0.663. The van der Waals surface area contributed by atoms with Gasteiger partial charge in [-0.25, -0.2) is 0 Å². The molecule has 0 bridgehead atoms. The molecule has 1 heterocycles.